The molecule has 0 unspecified atom stereocenters. The molecule has 0 heterocycles. The molecule has 2 aromatic rings. The number of halogens is 3. The van der Waals surface area contributed by atoms with Crippen molar-refractivity contribution >= 4 is 11.6 Å². The Hall–Kier alpha value is -2.50. The Morgan fingerprint density at radius 2 is 1.80 bits per heavy atom. The van der Waals surface area contributed by atoms with Crippen LogP contribution in [0.1, 0.15) is 15.9 Å². The maximum atomic E-state index is 13.6. The molecule has 20 heavy (non-hydrogen) atoms. The first-order chi connectivity index (χ1) is 9.40. The second-order valence-electron chi connectivity index (χ2n) is 4.17. The van der Waals surface area contributed by atoms with Gasteiger partial charge in [-0.15, -0.1) is 0 Å². The number of rotatable bonds is 2. The van der Waals surface area contributed by atoms with Gasteiger partial charge in [0, 0.05) is 6.07 Å². The highest BCUT2D eigenvalue weighted by Crippen LogP contribution is 2.23. The normalized spacial score (nSPS) is 10.4. The van der Waals surface area contributed by atoms with E-state index in [4.69, 9.17) is 0 Å². The summed E-state index contributed by atoms with van der Waals surface area (Å²) in [5, 5.41) is 11.5. The predicted octanol–water partition coefficient (Wildman–Crippen LogP) is 3.37. The number of phenolic OH excluding ortho intramolecular Hbond substituents is 1. The number of benzene rings is 2. The predicted molar refractivity (Wildman–Crippen MR) is 67.1 cm³/mol. The molecule has 0 aliphatic rings. The van der Waals surface area contributed by atoms with Crippen molar-refractivity contribution < 1.29 is 23.1 Å². The van der Waals surface area contributed by atoms with Crippen LogP contribution in [0, 0.1) is 24.4 Å². The zero-order valence-corrected chi connectivity index (χ0v) is 10.4. The van der Waals surface area contributed by atoms with Crippen LogP contribution in [-0.4, -0.2) is 11.0 Å². The van der Waals surface area contributed by atoms with Gasteiger partial charge in [-0.05, 0) is 30.7 Å². The maximum absolute atomic E-state index is 13.6. The fraction of sp³-hybridized carbons (Fsp3) is 0.0714. The fourth-order valence-electron chi connectivity index (χ4n) is 1.66. The topological polar surface area (TPSA) is 49.3 Å². The number of hydrogen-bond donors (Lipinski definition) is 2. The van der Waals surface area contributed by atoms with Gasteiger partial charge in [0.1, 0.15) is 28.8 Å². The molecule has 0 radical (unpaired) electrons. The number of phenols is 1. The summed E-state index contributed by atoms with van der Waals surface area (Å²) in [6, 6.07) is 5.00. The zero-order chi connectivity index (χ0) is 14.9. The van der Waals surface area contributed by atoms with Crippen molar-refractivity contribution in [2.75, 3.05) is 5.32 Å². The Bertz CT molecular complexity index is 666. The highest BCUT2D eigenvalue weighted by molar-refractivity contribution is 6.06. The van der Waals surface area contributed by atoms with Crippen LogP contribution < -0.4 is 5.32 Å². The molecular formula is C14H10F3NO2. The van der Waals surface area contributed by atoms with E-state index in [0.717, 1.165) is 24.3 Å². The van der Waals surface area contributed by atoms with Crippen molar-refractivity contribution in [1.82, 2.24) is 0 Å². The molecule has 0 atom stereocenters. The van der Waals surface area contributed by atoms with Crippen molar-refractivity contribution in [2.24, 2.45) is 0 Å². The molecule has 0 aromatic heterocycles. The number of hydrogen-bond acceptors (Lipinski definition) is 2. The van der Waals surface area contributed by atoms with E-state index in [1.807, 2.05) is 5.32 Å². The number of nitrogens with one attached hydrogen (secondary N) is 1. The molecule has 0 aliphatic heterocycles. The van der Waals surface area contributed by atoms with Crippen molar-refractivity contribution in [3.63, 3.8) is 0 Å². The lowest BCUT2D eigenvalue weighted by atomic mass is 10.1. The van der Waals surface area contributed by atoms with Gasteiger partial charge in [-0.25, -0.2) is 13.2 Å². The summed E-state index contributed by atoms with van der Waals surface area (Å²) in [5.41, 5.74) is -0.983. The lowest BCUT2D eigenvalue weighted by Gasteiger charge is -2.09. The third-order valence-corrected chi connectivity index (χ3v) is 2.72. The van der Waals surface area contributed by atoms with Gasteiger partial charge in [-0.3, -0.25) is 4.79 Å². The van der Waals surface area contributed by atoms with Gasteiger partial charge in [-0.2, -0.15) is 0 Å². The lowest BCUT2D eigenvalue weighted by molar-refractivity contribution is 0.102. The lowest BCUT2D eigenvalue weighted by Crippen LogP contribution is -2.15. The monoisotopic (exact) mass is 281 g/mol. The molecule has 0 bridgehead atoms. The molecule has 2 rings (SSSR count). The minimum atomic E-state index is -1.07. The van der Waals surface area contributed by atoms with E-state index in [1.54, 1.807) is 0 Å². The number of carbonyl (C=O) groups excluding carboxylic acids is 1. The fourth-order valence-corrected chi connectivity index (χ4v) is 1.66. The summed E-state index contributed by atoms with van der Waals surface area (Å²) in [5.74, 6) is -4.18. The average Bonchev–Trinajstić information content (AvgIpc) is 2.35. The molecule has 2 aromatic carbocycles. The van der Waals surface area contributed by atoms with Crippen LogP contribution in [0.15, 0.2) is 30.3 Å². The largest absolute Gasteiger partial charge is 0.507 e. The second-order valence-corrected chi connectivity index (χ2v) is 4.17. The van der Waals surface area contributed by atoms with Gasteiger partial charge >= 0.3 is 0 Å². The SMILES string of the molecule is Cc1cc(F)c(NC(=O)c2c(O)cccc2F)cc1F. The van der Waals surface area contributed by atoms with E-state index in [1.165, 1.54) is 13.0 Å². The Labute approximate surface area is 112 Å². The maximum Gasteiger partial charge on any atom is 0.262 e. The van der Waals surface area contributed by atoms with Crippen LogP contribution in [0.5, 0.6) is 5.75 Å². The van der Waals surface area contributed by atoms with E-state index < -0.39 is 40.4 Å². The van der Waals surface area contributed by atoms with Gasteiger partial charge < -0.3 is 10.4 Å². The number of aromatic hydroxyl groups is 1. The van der Waals surface area contributed by atoms with E-state index in [-0.39, 0.29) is 5.56 Å². The highest BCUT2D eigenvalue weighted by Gasteiger charge is 2.18. The minimum Gasteiger partial charge on any atom is -0.507 e. The van der Waals surface area contributed by atoms with Crippen molar-refractivity contribution in [3.05, 3.63) is 58.9 Å². The van der Waals surface area contributed by atoms with Gasteiger partial charge in [0.15, 0.2) is 0 Å². The van der Waals surface area contributed by atoms with Crippen molar-refractivity contribution in [1.29, 1.82) is 0 Å². The summed E-state index contributed by atoms with van der Waals surface area (Å²) in [6.45, 7) is 1.37. The van der Waals surface area contributed by atoms with E-state index in [2.05, 4.69) is 0 Å². The molecule has 1 amide bonds. The van der Waals surface area contributed by atoms with E-state index >= 15 is 0 Å². The van der Waals surface area contributed by atoms with E-state index in [9.17, 15) is 23.1 Å². The minimum absolute atomic E-state index is 0.0780. The molecule has 0 spiro atoms. The van der Waals surface area contributed by atoms with E-state index in [0.29, 0.717) is 0 Å². The summed E-state index contributed by atoms with van der Waals surface area (Å²) >= 11 is 0. The smallest absolute Gasteiger partial charge is 0.262 e. The van der Waals surface area contributed by atoms with Gasteiger partial charge in [-0.1, -0.05) is 6.07 Å². The Balaban J connectivity index is 2.35. The molecule has 3 nitrogen and oxygen atoms in total. The van der Waals surface area contributed by atoms with Gasteiger partial charge in [0.25, 0.3) is 5.91 Å². The standard InChI is InChI=1S/C14H10F3NO2/c1-7-5-10(17)11(6-9(7)16)18-14(20)13-8(15)3-2-4-12(13)19/h2-6,19H,1H3,(H,18,20). The van der Waals surface area contributed by atoms with Crippen LogP contribution >= 0.6 is 0 Å². The van der Waals surface area contributed by atoms with Crippen LogP contribution in [0.4, 0.5) is 18.9 Å². The quantitative estimate of drug-likeness (QED) is 0.886. The molecule has 0 saturated carbocycles. The number of anilines is 1. The Morgan fingerprint density at radius 3 is 2.45 bits per heavy atom. The van der Waals surface area contributed by atoms with Gasteiger partial charge in [0.05, 0.1) is 5.69 Å². The molecule has 6 heteroatoms. The summed E-state index contributed by atoms with van der Waals surface area (Å²) in [7, 11) is 0. The summed E-state index contributed by atoms with van der Waals surface area (Å²) < 4.78 is 40.4. The molecular weight excluding hydrogens is 271 g/mol. The highest BCUT2D eigenvalue weighted by atomic mass is 19.1. The number of carbonyl (C=O) groups is 1. The third kappa shape index (κ3) is 2.59. The molecule has 104 valence electrons. The zero-order valence-electron chi connectivity index (χ0n) is 10.4. The van der Waals surface area contributed by atoms with Gasteiger partial charge in [0.2, 0.25) is 0 Å². The van der Waals surface area contributed by atoms with Crippen molar-refractivity contribution in [2.45, 2.75) is 6.92 Å². The first kappa shape index (κ1) is 13.9. The molecule has 2 N–H and O–H groups in total. The second kappa shape index (κ2) is 5.24. The molecule has 0 fully saturated rings. The number of aryl methyl sites for hydroxylation is 1. The summed E-state index contributed by atoms with van der Waals surface area (Å²) in [6.07, 6.45) is 0. The molecule has 0 aliphatic carbocycles. The Morgan fingerprint density at radius 1 is 1.10 bits per heavy atom. The van der Waals surface area contributed by atoms with Crippen LogP contribution in [0.3, 0.4) is 0 Å². The average molecular weight is 281 g/mol. The number of amides is 1. The summed E-state index contributed by atoms with van der Waals surface area (Å²) in [4.78, 5) is 11.8. The van der Waals surface area contributed by atoms with Crippen molar-refractivity contribution in [3.8, 4) is 5.75 Å². The molecule has 0 saturated heterocycles. The first-order valence-corrected chi connectivity index (χ1v) is 5.64. The van der Waals surface area contributed by atoms with Crippen LogP contribution in [-0.2, 0) is 0 Å². The first-order valence-electron chi connectivity index (χ1n) is 5.64. The third-order valence-electron chi connectivity index (χ3n) is 2.72. The van der Waals surface area contributed by atoms with Crippen LogP contribution in [0.2, 0.25) is 0 Å². The Kier molecular flexibility index (Phi) is 3.65. The van der Waals surface area contributed by atoms with Crippen LogP contribution in [0.25, 0.3) is 0 Å².